The Morgan fingerprint density at radius 3 is 2.81 bits per heavy atom. The predicted molar refractivity (Wildman–Crippen MR) is 81.4 cm³/mol. The molecule has 0 radical (unpaired) electrons. The summed E-state index contributed by atoms with van der Waals surface area (Å²) < 4.78 is 0.297. The molecule has 21 heavy (non-hydrogen) atoms. The van der Waals surface area contributed by atoms with Crippen molar-refractivity contribution in [3.8, 4) is 5.88 Å². The van der Waals surface area contributed by atoms with Crippen LogP contribution in [0.5, 0.6) is 5.88 Å². The van der Waals surface area contributed by atoms with Gasteiger partial charge in [-0.3, -0.25) is 15.1 Å². The molecule has 3 rings (SSSR count). The van der Waals surface area contributed by atoms with E-state index in [4.69, 9.17) is 12.2 Å². The molecule has 0 spiro atoms. The number of aromatic hydroxyl groups is 1. The number of nitro benzene ring substituents is 1. The van der Waals surface area contributed by atoms with Crippen molar-refractivity contribution in [3.05, 3.63) is 44.3 Å². The summed E-state index contributed by atoms with van der Waals surface area (Å²) in [7, 11) is 0. The number of non-ortho nitro benzene ring substituents is 1. The Kier molecular flexibility index (Phi) is 2.95. The third-order valence-electron chi connectivity index (χ3n) is 3.18. The summed E-state index contributed by atoms with van der Waals surface area (Å²) in [6.07, 6.45) is 1.66. The summed E-state index contributed by atoms with van der Waals surface area (Å²) in [5.41, 5.74) is 3.14. The highest BCUT2D eigenvalue weighted by Crippen LogP contribution is 2.38. The van der Waals surface area contributed by atoms with Gasteiger partial charge < -0.3 is 15.1 Å². The van der Waals surface area contributed by atoms with E-state index in [-0.39, 0.29) is 11.6 Å². The van der Waals surface area contributed by atoms with E-state index in [1.54, 1.807) is 19.1 Å². The zero-order valence-electron chi connectivity index (χ0n) is 10.9. The maximum absolute atomic E-state index is 10.9. The van der Waals surface area contributed by atoms with Gasteiger partial charge in [-0.2, -0.15) is 0 Å². The molecule has 0 atom stereocenters. The van der Waals surface area contributed by atoms with Crippen molar-refractivity contribution in [3.63, 3.8) is 0 Å². The van der Waals surface area contributed by atoms with Gasteiger partial charge in [-0.15, -0.1) is 0 Å². The van der Waals surface area contributed by atoms with Gasteiger partial charge in [0.2, 0.25) is 5.88 Å². The molecule has 8 heteroatoms. The summed E-state index contributed by atoms with van der Waals surface area (Å²) in [6.45, 7) is 1.80. The number of imidazole rings is 1. The Morgan fingerprint density at radius 2 is 2.19 bits per heavy atom. The van der Waals surface area contributed by atoms with Crippen LogP contribution in [0.1, 0.15) is 18.2 Å². The number of nitrogens with zero attached hydrogens (tertiary/aromatic N) is 2. The quantitative estimate of drug-likeness (QED) is 0.449. The zero-order chi connectivity index (χ0) is 15.1. The first kappa shape index (κ1) is 13.3. The highest BCUT2D eigenvalue weighted by Gasteiger charge is 2.21. The number of nitrogens with one attached hydrogen (secondary N) is 2. The van der Waals surface area contributed by atoms with E-state index in [0.717, 1.165) is 0 Å². The minimum Gasteiger partial charge on any atom is -0.493 e. The van der Waals surface area contributed by atoms with Gasteiger partial charge in [-0.05, 0) is 31.3 Å². The van der Waals surface area contributed by atoms with E-state index in [1.807, 2.05) is 0 Å². The van der Waals surface area contributed by atoms with E-state index in [9.17, 15) is 15.2 Å². The van der Waals surface area contributed by atoms with E-state index in [0.29, 0.717) is 33.0 Å². The minimum atomic E-state index is -0.452. The molecule has 0 saturated carbocycles. The van der Waals surface area contributed by atoms with Crippen LogP contribution in [0.3, 0.4) is 0 Å². The smallest absolute Gasteiger partial charge is 0.270 e. The van der Waals surface area contributed by atoms with Gasteiger partial charge in [0.1, 0.15) is 5.69 Å². The fourth-order valence-corrected chi connectivity index (χ4v) is 2.41. The van der Waals surface area contributed by atoms with Crippen LogP contribution >= 0.6 is 12.2 Å². The number of aromatic nitrogens is 2. The molecule has 2 aromatic rings. The molecule has 0 bridgehead atoms. The highest BCUT2D eigenvalue weighted by molar-refractivity contribution is 7.71. The lowest BCUT2D eigenvalue weighted by Crippen LogP contribution is -1.92. The number of rotatable bonds is 2. The van der Waals surface area contributed by atoms with Crippen molar-refractivity contribution in [2.75, 3.05) is 0 Å². The largest absolute Gasteiger partial charge is 0.493 e. The summed E-state index contributed by atoms with van der Waals surface area (Å²) in [6, 6.07) is 4.50. The normalized spacial score (nSPS) is 15.1. The van der Waals surface area contributed by atoms with Crippen molar-refractivity contribution >= 4 is 41.0 Å². The SMILES string of the molecule is CC1=Nc2ccc([N+](=O)[O-])cc2/C1=C\c1[nH]c(=S)[nH]c1O. The number of benzene rings is 1. The number of aromatic amines is 2. The molecule has 0 unspecified atom stereocenters. The molecule has 106 valence electrons. The lowest BCUT2D eigenvalue weighted by atomic mass is 10.0. The molecule has 3 N–H and O–H groups in total. The van der Waals surface area contributed by atoms with Gasteiger partial charge >= 0.3 is 0 Å². The second-order valence-corrected chi connectivity index (χ2v) is 4.96. The van der Waals surface area contributed by atoms with Crippen molar-refractivity contribution in [1.82, 2.24) is 9.97 Å². The van der Waals surface area contributed by atoms with Crippen molar-refractivity contribution in [2.24, 2.45) is 4.99 Å². The third kappa shape index (κ3) is 2.25. The van der Waals surface area contributed by atoms with Crippen LogP contribution < -0.4 is 0 Å². The van der Waals surface area contributed by atoms with Crippen LogP contribution in [0.25, 0.3) is 11.6 Å². The molecular formula is C13H10N4O3S. The molecule has 7 nitrogen and oxygen atoms in total. The molecule has 2 heterocycles. The van der Waals surface area contributed by atoms with E-state index < -0.39 is 4.92 Å². The van der Waals surface area contributed by atoms with Crippen LogP contribution in [0.4, 0.5) is 11.4 Å². The predicted octanol–water partition coefficient (Wildman–Crippen LogP) is 3.33. The van der Waals surface area contributed by atoms with Gasteiger partial charge in [0.15, 0.2) is 4.77 Å². The first-order chi connectivity index (χ1) is 9.95. The maximum atomic E-state index is 10.9. The van der Waals surface area contributed by atoms with Crippen molar-refractivity contribution < 1.29 is 10.0 Å². The van der Waals surface area contributed by atoms with E-state index >= 15 is 0 Å². The zero-order valence-corrected chi connectivity index (χ0v) is 11.7. The van der Waals surface area contributed by atoms with Crippen LogP contribution in [0, 0.1) is 14.9 Å². The third-order valence-corrected chi connectivity index (χ3v) is 3.39. The van der Waals surface area contributed by atoms with E-state index in [2.05, 4.69) is 15.0 Å². The standard InChI is InChI=1S/C13H10N4O3S/c1-6-8(5-11-12(18)16-13(21)15-11)9-4-7(17(19)20)2-3-10(9)14-6/h2-5,18H,1H3,(H2,15,16,21)/b8-5-. The molecule has 1 aliphatic rings. The molecule has 0 aliphatic carbocycles. The highest BCUT2D eigenvalue weighted by atomic mass is 32.1. The molecule has 0 saturated heterocycles. The minimum absolute atomic E-state index is 0.00391. The van der Waals surface area contributed by atoms with Crippen LogP contribution in [0.15, 0.2) is 23.2 Å². The Hall–Kier alpha value is -2.74. The molecule has 1 aliphatic heterocycles. The molecule has 0 fully saturated rings. The summed E-state index contributed by atoms with van der Waals surface area (Å²) >= 11 is 4.90. The topological polar surface area (TPSA) is 107 Å². The molecule has 1 aromatic carbocycles. The molecule has 1 aromatic heterocycles. The number of aliphatic imine (C=N–C) groups is 1. The Labute approximate surface area is 123 Å². The number of allylic oxidation sites excluding steroid dienone is 1. The van der Waals surface area contributed by atoms with Gasteiger partial charge in [0.25, 0.3) is 5.69 Å². The molecular weight excluding hydrogens is 292 g/mol. The maximum Gasteiger partial charge on any atom is 0.270 e. The number of hydrogen-bond donors (Lipinski definition) is 3. The first-order valence-electron chi connectivity index (χ1n) is 6.03. The van der Waals surface area contributed by atoms with Crippen molar-refractivity contribution in [1.29, 1.82) is 0 Å². The second-order valence-electron chi connectivity index (χ2n) is 4.56. The fraction of sp³-hybridized carbons (Fsp3) is 0.0769. The fourth-order valence-electron chi connectivity index (χ4n) is 2.21. The Morgan fingerprint density at radius 1 is 1.43 bits per heavy atom. The average molecular weight is 302 g/mol. The monoisotopic (exact) mass is 302 g/mol. The lowest BCUT2D eigenvalue weighted by molar-refractivity contribution is -0.384. The van der Waals surface area contributed by atoms with Gasteiger partial charge in [0, 0.05) is 29.0 Å². The average Bonchev–Trinajstić information content (AvgIpc) is 2.90. The summed E-state index contributed by atoms with van der Waals surface area (Å²) in [5, 5.41) is 20.6. The number of hydrogen-bond acceptors (Lipinski definition) is 5. The number of H-pyrrole nitrogens is 2. The lowest BCUT2D eigenvalue weighted by Gasteiger charge is -2.01. The van der Waals surface area contributed by atoms with Gasteiger partial charge in [-0.25, -0.2) is 0 Å². The Balaban J connectivity index is 2.16. The summed E-state index contributed by atoms with van der Waals surface area (Å²) in [5.74, 6) is -0.0841. The van der Waals surface area contributed by atoms with Gasteiger partial charge in [-0.1, -0.05) is 0 Å². The number of fused-ring (bicyclic) bond motifs is 1. The summed E-state index contributed by atoms with van der Waals surface area (Å²) in [4.78, 5) is 20.2. The number of nitro groups is 1. The second kappa shape index (κ2) is 4.67. The van der Waals surface area contributed by atoms with Crippen LogP contribution in [-0.4, -0.2) is 25.7 Å². The van der Waals surface area contributed by atoms with Crippen LogP contribution in [0.2, 0.25) is 0 Å². The van der Waals surface area contributed by atoms with E-state index in [1.165, 1.54) is 12.1 Å². The Bertz CT molecular complexity index is 876. The first-order valence-corrected chi connectivity index (χ1v) is 6.44. The molecule has 0 amide bonds. The van der Waals surface area contributed by atoms with Gasteiger partial charge in [0.05, 0.1) is 10.6 Å². The van der Waals surface area contributed by atoms with Crippen molar-refractivity contribution in [2.45, 2.75) is 6.92 Å². The van der Waals surface area contributed by atoms with Crippen LogP contribution in [-0.2, 0) is 0 Å².